The van der Waals surface area contributed by atoms with Crippen molar-refractivity contribution in [3.05, 3.63) is 65.6 Å². The Morgan fingerprint density at radius 1 is 1.21 bits per heavy atom. The number of methoxy groups -OCH3 is 1. The van der Waals surface area contributed by atoms with Crippen molar-refractivity contribution >= 4 is 5.97 Å². The van der Waals surface area contributed by atoms with Gasteiger partial charge in [-0.05, 0) is 12.1 Å². The summed E-state index contributed by atoms with van der Waals surface area (Å²) in [5.41, 5.74) is 0.648. The number of esters is 1. The van der Waals surface area contributed by atoms with Crippen molar-refractivity contribution in [3.8, 4) is 5.75 Å². The third kappa shape index (κ3) is 4.32. The molecule has 28 heavy (non-hydrogen) atoms. The van der Waals surface area contributed by atoms with Gasteiger partial charge in [-0.1, -0.05) is 18.2 Å². The first kappa shape index (κ1) is 19.9. The van der Waals surface area contributed by atoms with Crippen LogP contribution >= 0.6 is 0 Å². The summed E-state index contributed by atoms with van der Waals surface area (Å²) in [6.45, 7) is -0.485. The highest BCUT2D eigenvalue weighted by Gasteiger charge is 2.42. The maximum absolute atomic E-state index is 12.9. The second kappa shape index (κ2) is 8.86. The van der Waals surface area contributed by atoms with Crippen LogP contribution in [0.2, 0.25) is 0 Å². The van der Waals surface area contributed by atoms with E-state index in [0.717, 1.165) is 0 Å². The summed E-state index contributed by atoms with van der Waals surface area (Å²) in [7, 11) is 1.51. The van der Waals surface area contributed by atoms with Gasteiger partial charge in [0.2, 0.25) is 0 Å². The summed E-state index contributed by atoms with van der Waals surface area (Å²) in [5, 5.41) is 0. The number of benzene rings is 1. The van der Waals surface area contributed by atoms with Crippen LogP contribution in [-0.2, 0) is 19.0 Å². The maximum atomic E-state index is 12.9. The predicted molar refractivity (Wildman–Crippen MR) is 92.7 cm³/mol. The summed E-state index contributed by atoms with van der Waals surface area (Å²) in [4.78, 5) is 12.6. The minimum absolute atomic E-state index is 0.217. The van der Waals surface area contributed by atoms with Crippen LogP contribution < -0.4 is 4.74 Å². The molecule has 1 aromatic carbocycles. The molecule has 2 unspecified atom stereocenters. The molecule has 150 valence electrons. The SMILES string of the molecule is COc1ccccc1C1OC(=C2CC=CO2)CC1C(=O)OCCC(F)=C(F)F. The molecule has 0 N–H and O–H groups in total. The van der Waals surface area contributed by atoms with Crippen molar-refractivity contribution in [2.75, 3.05) is 13.7 Å². The molecule has 0 bridgehead atoms. The summed E-state index contributed by atoms with van der Waals surface area (Å²) in [6, 6.07) is 7.08. The molecule has 0 aromatic heterocycles. The molecule has 0 saturated carbocycles. The molecular formula is C20H19F3O5. The first-order valence-electron chi connectivity index (χ1n) is 8.70. The van der Waals surface area contributed by atoms with Gasteiger partial charge in [-0.15, -0.1) is 0 Å². The highest BCUT2D eigenvalue weighted by atomic mass is 19.3. The van der Waals surface area contributed by atoms with E-state index in [4.69, 9.17) is 18.9 Å². The number of hydrogen-bond donors (Lipinski definition) is 0. The number of halogens is 3. The second-order valence-electron chi connectivity index (χ2n) is 6.21. The van der Waals surface area contributed by atoms with Gasteiger partial charge < -0.3 is 18.9 Å². The number of para-hydroxylation sites is 1. The quantitative estimate of drug-likeness (QED) is 0.639. The molecule has 2 aliphatic heterocycles. The molecular weight excluding hydrogens is 377 g/mol. The Balaban J connectivity index is 1.80. The van der Waals surface area contributed by atoms with Gasteiger partial charge in [-0.25, -0.2) is 4.39 Å². The molecule has 2 atom stereocenters. The number of carbonyl (C=O) groups excluding carboxylic acids is 1. The van der Waals surface area contributed by atoms with Gasteiger partial charge in [0.25, 0.3) is 0 Å². The third-order valence-electron chi connectivity index (χ3n) is 4.48. The first-order valence-corrected chi connectivity index (χ1v) is 8.70. The second-order valence-corrected chi connectivity index (χ2v) is 6.21. The van der Waals surface area contributed by atoms with Crippen LogP contribution in [0.15, 0.2) is 60.0 Å². The fraction of sp³-hybridized carbons (Fsp3) is 0.350. The highest BCUT2D eigenvalue weighted by molar-refractivity contribution is 5.74. The van der Waals surface area contributed by atoms with Crippen molar-refractivity contribution in [2.24, 2.45) is 5.92 Å². The molecule has 1 fully saturated rings. The van der Waals surface area contributed by atoms with Gasteiger partial charge in [0.05, 0.1) is 20.0 Å². The van der Waals surface area contributed by atoms with E-state index in [1.165, 1.54) is 13.4 Å². The highest BCUT2D eigenvalue weighted by Crippen LogP contribution is 2.45. The minimum atomic E-state index is -2.41. The summed E-state index contributed by atoms with van der Waals surface area (Å²) in [5.74, 6) is -1.34. The van der Waals surface area contributed by atoms with E-state index in [1.807, 2.05) is 6.08 Å². The molecule has 3 rings (SSSR count). The van der Waals surface area contributed by atoms with E-state index in [-0.39, 0.29) is 6.42 Å². The average molecular weight is 396 g/mol. The third-order valence-corrected chi connectivity index (χ3v) is 4.48. The van der Waals surface area contributed by atoms with E-state index in [0.29, 0.717) is 29.3 Å². The predicted octanol–water partition coefficient (Wildman–Crippen LogP) is 4.93. The fourth-order valence-corrected chi connectivity index (χ4v) is 3.11. The largest absolute Gasteiger partial charge is 0.496 e. The molecule has 0 aliphatic carbocycles. The smallest absolute Gasteiger partial charge is 0.313 e. The van der Waals surface area contributed by atoms with Crippen LogP contribution in [0, 0.1) is 5.92 Å². The maximum Gasteiger partial charge on any atom is 0.313 e. The summed E-state index contributed by atoms with van der Waals surface area (Å²) < 4.78 is 59.0. The molecule has 2 heterocycles. The van der Waals surface area contributed by atoms with Crippen LogP contribution in [0.3, 0.4) is 0 Å². The van der Waals surface area contributed by atoms with Crippen molar-refractivity contribution in [2.45, 2.75) is 25.4 Å². The Morgan fingerprint density at radius 3 is 2.68 bits per heavy atom. The van der Waals surface area contributed by atoms with E-state index in [9.17, 15) is 18.0 Å². The molecule has 0 radical (unpaired) electrons. The average Bonchev–Trinajstić information content (AvgIpc) is 3.37. The first-order chi connectivity index (χ1) is 13.5. The lowest BCUT2D eigenvalue weighted by molar-refractivity contribution is -0.150. The molecule has 8 heteroatoms. The summed E-state index contributed by atoms with van der Waals surface area (Å²) in [6.07, 6.45) is 0.322. The molecule has 2 aliphatic rings. The lowest BCUT2D eigenvalue weighted by Gasteiger charge is -2.19. The zero-order chi connectivity index (χ0) is 20.1. The van der Waals surface area contributed by atoms with Crippen LogP contribution in [-0.4, -0.2) is 19.7 Å². The standard InChI is InChI=1S/C20H19F3O5/c1-25-15-6-3-2-5-12(15)18-13(11-17(28-18)16-7-4-9-26-16)20(24)27-10-8-14(21)19(22)23/h2-6,9,13,18H,7-8,10-11H2,1H3. The number of rotatable bonds is 6. The molecule has 0 spiro atoms. The lowest BCUT2D eigenvalue weighted by Crippen LogP contribution is -2.22. The van der Waals surface area contributed by atoms with Crippen molar-refractivity contribution in [1.29, 1.82) is 0 Å². The minimum Gasteiger partial charge on any atom is -0.496 e. The molecule has 1 aromatic rings. The van der Waals surface area contributed by atoms with Gasteiger partial charge in [-0.3, -0.25) is 4.79 Å². The lowest BCUT2D eigenvalue weighted by atomic mass is 9.94. The Hall–Kier alpha value is -2.90. The van der Waals surface area contributed by atoms with Crippen LogP contribution in [0.1, 0.15) is 30.9 Å². The topological polar surface area (TPSA) is 54.0 Å². The molecule has 0 amide bonds. The van der Waals surface area contributed by atoms with Gasteiger partial charge in [0.1, 0.15) is 29.3 Å². The van der Waals surface area contributed by atoms with Crippen molar-refractivity contribution in [3.63, 3.8) is 0 Å². The number of hydrogen-bond acceptors (Lipinski definition) is 5. The van der Waals surface area contributed by atoms with E-state index in [1.54, 1.807) is 24.3 Å². The number of carbonyl (C=O) groups is 1. The normalized spacial score (nSPS) is 23.1. The van der Waals surface area contributed by atoms with Gasteiger partial charge >= 0.3 is 12.0 Å². The Morgan fingerprint density at radius 2 is 2.00 bits per heavy atom. The summed E-state index contributed by atoms with van der Waals surface area (Å²) >= 11 is 0. The van der Waals surface area contributed by atoms with Gasteiger partial charge in [0, 0.05) is 24.8 Å². The van der Waals surface area contributed by atoms with Gasteiger partial charge in [-0.2, -0.15) is 8.78 Å². The Labute approximate surface area is 160 Å². The van der Waals surface area contributed by atoms with E-state index in [2.05, 4.69) is 0 Å². The van der Waals surface area contributed by atoms with Crippen LogP contribution in [0.25, 0.3) is 0 Å². The van der Waals surface area contributed by atoms with Crippen LogP contribution in [0.4, 0.5) is 13.2 Å². The van der Waals surface area contributed by atoms with E-state index >= 15 is 0 Å². The van der Waals surface area contributed by atoms with Crippen LogP contribution in [0.5, 0.6) is 5.75 Å². The van der Waals surface area contributed by atoms with E-state index < -0.39 is 42.9 Å². The Kier molecular flexibility index (Phi) is 6.28. The van der Waals surface area contributed by atoms with Gasteiger partial charge in [0.15, 0.2) is 5.83 Å². The van der Waals surface area contributed by atoms with Crippen molar-refractivity contribution in [1.82, 2.24) is 0 Å². The molecule has 5 nitrogen and oxygen atoms in total. The zero-order valence-corrected chi connectivity index (χ0v) is 15.1. The fourth-order valence-electron chi connectivity index (χ4n) is 3.11. The monoisotopic (exact) mass is 396 g/mol. The number of allylic oxidation sites excluding steroid dienone is 2. The number of ether oxygens (including phenoxy) is 4. The zero-order valence-electron chi connectivity index (χ0n) is 15.1. The molecule has 1 saturated heterocycles. The Bertz CT molecular complexity index is 817. The van der Waals surface area contributed by atoms with Crippen molar-refractivity contribution < 1.29 is 36.9 Å².